The zero-order chi connectivity index (χ0) is 26.0. The average Bonchev–Trinajstić information content (AvgIpc) is 3.41. The van der Waals surface area contributed by atoms with E-state index in [4.69, 9.17) is 14.2 Å². The molecule has 38 heavy (non-hydrogen) atoms. The summed E-state index contributed by atoms with van der Waals surface area (Å²) in [4.78, 5) is 18.9. The van der Waals surface area contributed by atoms with Crippen LogP contribution >= 0.6 is 11.3 Å². The maximum atomic E-state index is 14.6. The number of thiazole rings is 1. The van der Waals surface area contributed by atoms with Crippen molar-refractivity contribution in [2.75, 3.05) is 4.90 Å². The standard InChI is InChI=1S/C29H28FN3O4S/c1-15-10-17(28(34)35)11-24-25(15)31-29(38-24)33-18-8-9-19(33)13-20(12-18)36-14-22-26(21-4-2-3-5-23(21)30)32-37-27(22)16-6-7-16/h2-5,10-11,16,18-20H,6-9,12-14H2,1H3,(H,34,35)/t18-,19+,20-. The van der Waals surface area contributed by atoms with Crippen molar-refractivity contribution in [1.82, 2.24) is 10.1 Å². The Hall–Kier alpha value is -3.30. The Kier molecular flexibility index (Phi) is 5.74. The van der Waals surface area contributed by atoms with Crippen LogP contribution in [-0.4, -0.2) is 39.4 Å². The van der Waals surface area contributed by atoms with Crippen molar-refractivity contribution >= 4 is 32.7 Å². The van der Waals surface area contributed by atoms with Crippen LogP contribution in [0.2, 0.25) is 0 Å². The van der Waals surface area contributed by atoms with E-state index >= 15 is 0 Å². The van der Waals surface area contributed by atoms with Gasteiger partial charge in [-0.25, -0.2) is 14.2 Å². The first kappa shape index (κ1) is 23.8. The number of hydrogen-bond acceptors (Lipinski definition) is 7. The molecule has 0 amide bonds. The number of aromatic carboxylic acids is 1. The number of anilines is 1. The molecule has 9 heteroatoms. The Morgan fingerprint density at radius 2 is 1.95 bits per heavy atom. The maximum Gasteiger partial charge on any atom is 0.335 e. The SMILES string of the molecule is Cc1cc(C(=O)O)cc2sc(N3[C@@H]4CC[C@H]3C[C@H](OCc3c(-c5ccccc5F)noc3C3CC3)C4)nc12. The molecule has 0 radical (unpaired) electrons. The molecule has 7 rings (SSSR count). The van der Waals surface area contributed by atoms with E-state index in [1.807, 2.05) is 13.0 Å². The summed E-state index contributed by atoms with van der Waals surface area (Å²) in [5.41, 5.74) is 3.95. The van der Waals surface area contributed by atoms with Crippen LogP contribution in [0.1, 0.15) is 71.7 Å². The zero-order valence-electron chi connectivity index (χ0n) is 21.0. The van der Waals surface area contributed by atoms with E-state index in [0.29, 0.717) is 41.4 Å². The van der Waals surface area contributed by atoms with E-state index in [0.717, 1.165) is 70.8 Å². The van der Waals surface area contributed by atoms with E-state index in [-0.39, 0.29) is 11.9 Å². The summed E-state index contributed by atoms with van der Waals surface area (Å²) in [6.45, 7) is 2.28. The Labute approximate surface area is 223 Å². The molecule has 1 aliphatic carbocycles. The van der Waals surface area contributed by atoms with Gasteiger partial charge in [0.2, 0.25) is 0 Å². The van der Waals surface area contributed by atoms with Gasteiger partial charge >= 0.3 is 5.97 Å². The van der Waals surface area contributed by atoms with Gasteiger partial charge in [0.25, 0.3) is 0 Å². The number of benzene rings is 2. The van der Waals surface area contributed by atoms with Crippen LogP contribution in [0.5, 0.6) is 0 Å². The van der Waals surface area contributed by atoms with Crippen molar-refractivity contribution < 1.29 is 23.6 Å². The van der Waals surface area contributed by atoms with Gasteiger partial charge in [-0.2, -0.15) is 0 Å². The van der Waals surface area contributed by atoms with Gasteiger partial charge in [-0.3, -0.25) is 0 Å². The predicted molar refractivity (Wildman–Crippen MR) is 142 cm³/mol. The van der Waals surface area contributed by atoms with Crippen LogP contribution in [0, 0.1) is 12.7 Å². The predicted octanol–water partition coefficient (Wildman–Crippen LogP) is 6.69. The lowest BCUT2D eigenvalue weighted by Gasteiger charge is -2.38. The summed E-state index contributed by atoms with van der Waals surface area (Å²) in [5, 5.41) is 14.7. The van der Waals surface area contributed by atoms with Crippen LogP contribution in [0.15, 0.2) is 40.9 Å². The number of rotatable bonds is 7. The zero-order valence-corrected chi connectivity index (χ0v) is 21.8. The van der Waals surface area contributed by atoms with Gasteiger partial charge < -0.3 is 19.3 Å². The molecule has 1 N–H and O–H groups in total. The monoisotopic (exact) mass is 533 g/mol. The first-order chi connectivity index (χ1) is 18.5. The fourth-order valence-electron chi connectivity index (χ4n) is 6.19. The molecule has 2 aromatic carbocycles. The summed E-state index contributed by atoms with van der Waals surface area (Å²) < 4.78 is 27.7. The first-order valence-corrected chi connectivity index (χ1v) is 14.1. The number of piperidine rings is 1. The second kappa shape index (κ2) is 9.17. The lowest BCUT2D eigenvalue weighted by atomic mass is 10.00. The molecule has 2 aromatic heterocycles. The fourth-order valence-corrected chi connectivity index (χ4v) is 7.41. The normalized spacial score (nSPS) is 22.9. The van der Waals surface area contributed by atoms with E-state index in [9.17, 15) is 14.3 Å². The fraction of sp³-hybridized carbons (Fsp3) is 0.414. The van der Waals surface area contributed by atoms with Gasteiger partial charge in [0.05, 0.1) is 28.5 Å². The number of nitrogens with zero attached hydrogens (tertiary/aromatic N) is 3. The number of carboxylic acid groups (broad SMARTS) is 1. The molecular formula is C29H28FN3O4S. The second-order valence-electron chi connectivity index (χ2n) is 10.8. The molecular weight excluding hydrogens is 505 g/mol. The minimum Gasteiger partial charge on any atom is -0.478 e. The summed E-state index contributed by atoms with van der Waals surface area (Å²) in [7, 11) is 0. The van der Waals surface area contributed by atoms with E-state index < -0.39 is 5.97 Å². The number of aryl methyl sites for hydroxylation is 1. The number of aromatic nitrogens is 2. The molecule has 2 bridgehead atoms. The van der Waals surface area contributed by atoms with E-state index in [1.54, 1.807) is 35.6 Å². The van der Waals surface area contributed by atoms with Crippen molar-refractivity contribution in [2.45, 2.75) is 76.2 Å². The van der Waals surface area contributed by atoms with Crippen molar-refractivity contribution in [1.29, 1.82) is 0 Å². The highest BCUT2D eigenvalue weighted by Gasteiger charge is 2.43. The van der Waals surface area contributed by atoms with Crippen molar-refractivity contribution in [2.24, 2.45) is 0 Å². The number of carboxylic acids is 1. The Bertz CT molecular complexity index is 1530. The smallest absolute Gasteiger partial charge is 0.335 e. The lowest BCUT2D eigenvalue weighted by molar-refractivity contribution is 0.0147. The molecule has 3 fully saturated rings. The molecule has 1 saturated carbocycles. The molecule has 7 nitrogen and oxygen atoms in total. The topological polar surface area (TPSA) is 88.7 Å². The van der Waals surface area contributed by atoms with Crippen LogP contribution in [0.4, 0.5) is 9.52 Å². The van der Waals surface area contributed by atoms with Crippen molar-refractivity contribution in [3.63, 3.8) is 0 Å². The minimum atomic E-state index is -0.918. The van der Waals surface area contributed by atoms with E-state index in [1.165, 1.54) is 6.07 Å². The minimum absolute atomic E-state index is 0.0916. The molecule has 3 aliphatic rings. The van der Waals surface area contributed by atoms with Gasteiger partial charge in [-0.05, 0) is 75.3 Å². The maximum absolute atomic E-state index is 14.6. The molecule has 2 aliphatic heterocycles. The molecule has 0 unspecified atom stereocenters. The molecule has 2 saturated heterocycles. The summed E-state index contributed by atoms with van der Waals surface area (Å²) in [6, 6.07) is 10.8. The Morgan fingerprint density at radius 1 is 1.18 bits per heavy atom. The number of hydrogen-bond donors (Lipinski definition) is 1. The molecule has 3 atom stereocenters. The molecule has 4 aromatic rings. The van der Waals surface area contributed by atoms with Gasteiger partial charge in [-0.1, -0.05) is 28.6 Å². The number of ether oxygens (including phenoxy) is 1. The molecule has 4 heterocycles. The summed E-state index contributed by atoms with van der Waals surface area (Å²) >= 11 is 1.58. The Morgan fingerprint density at radius 3 is 2.66 bits per heavy atom. The Balaban J connectivity index is 1.10. The highest BCUT2D eigenvalue weighted by molar-refractivity contribution is 7.22. The largest absolute Gasteiger partial charge is 0.478 e. The van der Waals surface area contributed by atoms with Gasteiger partial charge in [0.15, 0.2) is 5.13 Å². The highest BCUT2D eigenvalue weighted by atomic mass is 32.1. The van der Waals surface area contributed by atoms with Crippen LogP contribution in [0.25, 0.3) is 21.5 Å². The molecule has 0 spiro atoms. The molecule has 196 valence electrons. The number of halogens is 1. The van der Waals surface area contributed by atoms with Gasteiger partial charge in [0, 0.05) is 29.1 Å². The summed E-state index contributed by atoms with van der Waals surface area (Å²) in [5.74, 6) is -0.0332. The highest BCUT2D eigenvalue weighted by Crippen LogP contribution is 2.46. The summed E-state index contributed by atoms with van der Waals surface area (Å²) in [6.07, 6.45) is 6.18. The van der Waals surface area contributed by atoms with Crippen molar-refractivity contribution in [3.8, 4) is 11.3 Å². The quantitative estimate of drug-likeness (QED) is 0.283. The second-order valence-corrected chi connectivity index (χ2v) is 11.8. The third-order valence-corrected chi connectivity index (χ3v) is 9.21. The van der Waals surface area contributed by atoms with Crippen molar-refractivity contribution in [3.05, 3.63) is 64.7 Å². The first-order valence-electron chi connectivity index (χ1n) is 13.2. The number of carbonyl (C=O) groups is 1. The van der Waals surface area contributed by atoms with Crippen LogP contribution in [-0.2, 0) is 11.3 Å². The average molecular weight is 534 g/mol. The van der Waals surface area contributed by atoms with Gasteiger partial charge in [0.1, 0.15) is 17.3 Å². The number of fused-ring (bicyclic) bond motifs is 3. The third-order valence-electron chi connectivity index (χ3n) is 8.19. The third kappa shape index (κ3) is 4.08. The van der Waals surface area contributed by atoms with Gasteiger partial charge in [-0.15, -0.1) is 0 Å². The lowest BCUT2D eigenvalue weighted by Crippen LogP contribution is -2.45. The van der Waals surface area contributed by atoms with Crippen LogP contribution in [0.3, 0.4) is 0 Å². The van der Waals surface area contributed by atoms with Crippen LogP contribution < -0.4 is 4.90 Å². The van der Waals surface area contributed by atoms with E-state index in [2.05, 4.69) is 10.1 Å².